The van der Waals surface area contributed by atoms with Gasteiger partial charge < -0.3 is 20.1 Å². The van der Waals surface area contributed by atoms with Crippen LogP contribution in [0.15, 0.2) is 42.7 Å². The van der Waals surface area contributed by atoms with Crippen LogP contribution in [0.4, 0.5) is 5.69 Å². The van der Waals surface area contributed by atoms with Crippen LogP contribution in [0, 0.1) is 11.8 Å². The summed E-state index contributed by atoms with van der Waals surface area (Å²) < 4.78 is 6.56. The lowest BCUT2D eigenvalue weighted by Crippen LogP contribution is -2.47. The average Bonchev–Trinajstić information content (AvgIpc) is 3.68. The number of nitrogens with one attached hydrogen (secondary N) is 1. The predicted molar refractivity (Wildman–Crippen MR) is 134 cm³/mol. The zero-order chi connectivity index (χ0) is 24.9. The van der Waals surface area contributed by atoms with Crippen molar-refractivity contribution in [3.63, 3.8) is 0 Å². The molecular weight excluding hydrogens is 444 g/mol. The van der Waals surface area contributed by atoms with Gasteiger partial charge in [0.1, 0.15) is 11.9 Å². The Labute approximate surface area is 207 Å². The number of nitrogens with zero attached hydrogens (tertiary/aromatic N) is 3. The number of hydrogen-bond donors (Lipinski definition) is 2. The molecule has 3 atom stereocenters. The summed E-state index contributed by atoms with van der Waals surface area (Å²) in [6.07, 6.45) is 5.42. The molecule has 1 saturated carbocycles. The van der Waals surface area contributed by atoms with Gasteiger partial charge in [0.05, 0.1) is 19.1 Å². The van der Waals surface area contributed by atoms with Crippen LogP contribution >= 0.6 is 0 Å². The second-order valence-electron chi connectivity index (χ2n) is 10.0. The number of benzene rings is 1. The standard InChI is InChI=1S/C27H36N4O4/c1-18-14-31(19(2)17-32)26(33)13-22-12-23(29-27(34)21-4-5-21)6-7-24(22)35-25(18)16-30(3)15-20-8-10-28-11-9-20/h6-12,18-19,21,25,32H,4-5,13-17H2,1-3H3,(H,29,34)/t18-,19-,25+/m1/s1. The molecule has 8 nitrogen and oxygen atoms in total. The zero-order valence-electron chi connectivity index (χ0n) is 20.8. The number of hydrogen-bond acceptors (Lipinski definition) is 6. The molecule has 0 radical (unpaired) electrons. The number of carbonyl (C=O) groups excluding carboxylic acids is 2. The molecule has 0 unspecified atom stereocenters. The Morgan fingerprint density at radius 2 is 2.03 bits per heavy atom. The van der Waals surface area contributed by atoms with E-state index in [4.69, 9.17) is 4.74 Å². The highest BCUT2D eigenvalue weighted by molar-refractivity contribution is 5.94. The fourth-order valence-electron chi connectivity index (χ4n) is 4.49. The molecule has 0 saturated heterocycles. The minimum Gasteiger partial charge on any atom is -0.488 e. The van der Waals surface area contributed by atoms with Crippen LogP contribution in [0.25, 0.3) is 0 Å². The number of pyridine rings is 1. The van der Waals surface area contributed by atoms with Crippen LogP contribution in [-0.2, 0) is 22.6 Å². The molecular formula is C27H36N4O4. The minimum atomic E-state index is -0.292. The highest BCUT2D eigenvalue weighted by Crippen LogP contribution is 2.32. The van der Waals surface area contributed by atoms with E-state index in [9.17, 15) is 14.7 Å². The number of likely N-dealkylation sites (N-methyl/N-ethyl adjacent to an activating group) is 1. The number of amides is 2. The predicted octanol–water partition coefficient (Wildman–Crippen LogP) is 2.71. The summed E-state index contributed by atoms with van der Waals surface area (Å²) in [5, 5.41) is 12.8. The molecule has 1 aromatic carbocycles. The monoisotopic (exact) mass is 480 g/mol. The van der Waals surface area contributed by atoms with E-state index < -0.39 is 0 Å². The third-order valence-corrected chi connectivity index (χ3v) is 6.83. The maximum absolute atomic E-state index is 13.3. The normalized spacial score (nSPS) is 21.4. The van der Waals surface area contributed by atoms with E-state index in [0.29, 0.717) is 24.5 Å². The molecule has 1 fully saturated rings. The van der Waals surface area contributed by atoms with E-state index in [0.717, 1.165) is 24.9 Å². The van der Waals surface area contributed by atoms with Crippen LogP contribution in [-0.4, -0.2) is 70.6 Å². The highest BCUT2D eigenvalue weighted by Gasteiger charge is 2.32. The molecule has 8 heteroatoms. The summed E-state index contributed by atoms with van der Waals surface area (Å²) in [5.41, 5.74) is 2.59. The summed E-state index contributed by atoms with van der Waals surface area (Å²) in [4.78, 5) is 33.6. The molecule has 1 aliphatic carbocycles. The summed E-state index contributed by atoms with van der Waals surface area (Å²) in [6.45, 7) is 5.76. The third-order valence-electron chi connectivity index (χ3n) is 6.83. The molecule has 2 heterocycles. The average molecular weight is 481 g/mol. The summed E-state index contributed by atoms with van der Waals surface area (Å²) in [5.74, 6) is 0.767. The first-order valence-corrected chi connectivity index (χ1v) is 12.4. The topological polar surface area (TPSA) is 95.0 Å². The Hall–Kier alpha value is -2.97. The molecule has 2 aliphatic rings. The van der Waals surface area contributed by atoms with E-state index in [1.807, 2.05) is 37.3 Å². The van der Waals surface area contributed by atoms with Gasteiger partial charge in [0.15, 0.2) is 0 Å². The number of anilines is 1. The number of rotatable bonds is 8. The van der Waals surface area contributed by atoms with Crippen molar-refractivity contribution < 1.29 is 19.4 Å². The molecule has 2 amide bonds. The molecule has 2 N–H and O–H groups in total. The first-order chi connectivity index (χ1) is 16.8. The van der Waals surface area contributed by atoms with Crippen LogP contribution in [0.5, 0.6) is 5.75 Å². The summed E-state index contributed by atoms with van der Waals surface area (Å²) in [7, 11) is 2.06. The van der Waals surface area contributed by atoms with Gasteiger partial charge in [-0.2, -0.15) is 0 Å². The lowest BCUT2D eigenvalue weighted by molar-refractivity contribution is -0.134. The zero-order valence-corrected chi connectivity index (χ0v) is 20.8. The molecule has 0 bridgehead atoms. The van der Waals surface area contributed by atoms with Gasteiger partial charge in [-0.1, -0.05) is 6.92 Å². The number of aromatic nitrogens is 1. The van der Waals surface area contributed by atoms with Crippen molar-refractivity contribution in [2.24, 2.45) is 11.8 Å². The van der Waals surface area contributed by atoms with Gasteiger partial charge in [0.25, 0.3) is 0 Å². The quantitative estimate of drug-likeness (QED) is 0.603. The van der Waals surface area contributed by atoms with Gasteiger partial charge in [-0.25, -0.2) is 0 Å². The Bertz CT molecular complexity index is 1030. The second-order valence-corrected chi connectivity index (χ2v) is 10.0. The first kappa shape index (κ1) is 25.1. The van der Waals surface area contributed by atoms with Crippen molar-refractivity contribution in [1.82, 2.24) is 14.8 Å². The number of aliphatic hydroxyl groups is 1. The summed E-state index contributed by atoms with van der Waals surface area (Å²) in [6, 6.07) is 9.26. The third kappa shape index (κ3) is 6.58. The maximum Gasteiger partial charge on any atom is 0.227 e. The number of carbonyl (C=O) groups is 2. The molecule has 0 spiro atoms. The van der Waals surface area contributed by atoms with Gasteiger partial charge in [0, 0.05) is 55.1 Å². The Balaban J connectivity index is 1.58. The minimum absolute atomic E-state index is 0.0278. The smallest absolute Gasteiger partial charge is 0.227 e. The lowest BCUT2D eigenvalue weighted by atomic mass is 10.0. The van der Waals surface area contributed by atoms with E-state index in [-0.39, 0.29) is 48.8 Å². The van der Waals surface area contributed by atoms with E-state index in [1.165, 1.54) is 5.56 Å². The van der Waals surface area contributed by atoms with Crippen molar-refractivity contribution in [2.45, 2.75) is 51.8 Å². The molecule has 35 heavy (non-hydrogen) atoms. The first-order valence-electron chi connectivity index (χ1n) is 12.4. The highest BCUT2D eigenvalue weighted by atomic mass is 16.5. The SMILES string of the molecule is C[C@@H]1CN([C@H](C)CO)C(=O)Cc2cc(NC(=O)C3CC3)ccc2O[C@H]1CN(C)Cc1ccncc1. The largest absolute Gasteiger partial charge is 0.488 e. The molecule has 1 aromatic heterocycles. The van der Waals surface area contributed by atoms with Gasteiger partial charge >= 0.3 is 0 Å². The van der Waals surface area contributed by atoms with Gasteiger partial charge in [-0.15, -0.1) is 0 Å². The van der Waals surface area contributed by atoms with E-state index in [1.54, 1.807) is 17.3 Å². The Morgan fingerprint density at radius 3 is 2.71 bits per heavy atom. The van der Waals surface area contributed by atoms with E-state index >= 15 is 0 Å². The van der Waals surface area contributed by atoms with Crippen LogP contribution < -0.4 is 10.1 Å². The Kier molecular flexibility index (Phi) is 8.03. The summed E-state index contributed by atoms with van der Waals surface area (Å²) >= 11 is 0. The second kappa shape index (κ2) is 11.2. The maximum atomic E-state index is 13.3. The number of aliphatic hydroxyl groups excluding tert-OH is 1. The van der Waals surface area contributed by atoms with Crippen molar-refractivity contribution >= 4 is 17.5 Å². The fraction of sp³-hybridized carbons (Fsp3) is 0.519. The fourth-order valence-corrected chi connectivity index (χ4v) is 4.49. The van der Waals surface area contributed by atoms with Crippen molar-refractivity contribution in [2.75, 3.05) is 32.1 Å². The Morgan fingerprint density at radius 1 is 1.29 bits per heavy atom. The molecule has 4 rings (SSSR count). The molecule has 2 aromatic rings. The van der Waals surface area contributed by atoms with Gasteiger partial charge in [-0.3, -0.25) is 19.5 Å². The molecule has 1 aliphatic heterocycles. The van der Waals surface area contributed by atoms with Crippen LogP contribution in [0.1, 0.15) is 37.8 Å². The van der Waals surface area contributed by atoms with Gasteiger partial charge in [0.2, 0.25) is 11.8 Å². The van der Waals surface area contributed by atoms with Crippen LogP contribution in [0.3, 0.4) is 0 Å². The van der Waals surface area contributed by atoms with Gasteiger partial charge in [-0.05, 0) is 62.7 Å². The number of fused-ring (bicyclic) bond motifs is 1. The van der Waals surface area contributed by atoms with Crippen molar-refractivity contribution in [1.29, 1.82) is 0 Å². The lowest BCUT2D eigenvalue weighted by Gasteiger charge is -2.34. The van der Waals surface area contributed by atoms with E-state index in [2.05, 4.69) is 29.2 Å². The number of ether oxygens (including phenoxy) is 1. The van der Waals surface area contributed by atoms with Crippen LogP contribution in [0.2, 0.25) is 0 Å². The van der Waals surface area contributed by atoms with Crippen molar-refractivity contribution in [3.8, 4) is 5.75 Å². The molecule has 188 valence electrons. The van der Waals surface area contributed by atoms with Crippen molar-refractivity contribution in [3.05, 3.63) is 53.9 Å².